The number of nitrogens with two attached hydrogens (primary N) is 1. The summed E-state index contributed by atoms with van der Waals surface area (Å²) in [6.07, 6.45) is 0. The Morgan fingerprint density at radius 3 is 2.63 bits per heavy atom. The van der Waals surface area contributed by atoms with E-state index in [1.165, 1.54) is 0 Å². The molecule has 1 aromatic carbocycles. The van der Waals surface area contributed by atoms with Gasteiger partial charge in [-0.2, -0.15) is 10.2 Å². The van der Waals surface area contributed by atoms with Gasteiger partial charge in [-0.1, -0.05) is 12.1 Å². The number of hydrogen-bond acceptors (Lipinski definition) is 4. The minimum Gasteiger partial charge on any atom is -0.399 e. The number of carbonyl (C=O) groups excluding carboxylic acids is 1. The second-order valence-electron chi connectivity index (χ2n) is 4.20. The van der Waals surface area contributed by atoms with Gasteiger partial charge in [0, 0.05) is 11.4 Å². The number of amides is 1. The maximum Gasteiger partial charge on any atom is 0.291 e. The Bertz CT molecular complexity index is 612. The fraction of sp³-hybridized carbons (Fsp3) is 0.154. The molecule has 1 amide bonds. The Labute approximate surface area is 110 Å². The Hall–Kier alpha value is -2.63. The zero-order chi connectivity index (χ0) is 13.8. The first-order valence-electron chi connectivity index (χ1n) is 5.79. The van der Waals surface area contributed by atoms with E-state index in [0.29, 0.717) is 17.1 Å². The molecule has 6 nitrogen and oxygen atoms in total. The van der Waals surface area contributed by atoms with Crippen LogP contribution in [0.25, 0.3) is 0 Å². The molecule has 0 bridgehead atoms. The summed E-state index contributed by atoms with van der Waals surface area (Å²) in [5, 5.41) is 10.6. The van der Waals surface area contributed by atoms with Gasteiger partial charge in [-0.3, -0.25) is 9.89 Å². The lowest BCUT2D eigenvalue weighted by atomic mass is 10.1. The van der Waals surface area contributed by atoms with Crippen LogP contribution < -0.4 is 11.2 Å². The maximum atomic E-state index is 11.7. The minimum atomic E-state index is -0.348. The average Bonchev–Trinajstić information content (AvgIpc) is 2.83. The number of rotatable bonds is 3. The smallest absolute Gasteiger partial charge is 0.291 e. The Morgan fingerprint density at radius 2 is 2.05 bits per heavy atom. The topological polar surface area (TPSA) is 96.2 Å². The summed E-state index contributed by atoms with van der Waals surface area (Å²) in [5.74, 6) is -0.348. The molecule has 0 aliphatic heterocycles. The van der Waals surface area contributed by atoms with Crippen LogP contribution in [0.15, 0.2) is 35.4 Å². The van der Waals surface area contributed by atoms with Crippen LogP contribution in [0.2, 0.25) is 0 Å². The number of nitrogens with zero attached hydrogens (tertiary/aromatic N) is 2. The van der Waals surface area contributed by atoms with Crippen LogP contribution in [0.1, 0.15) is 28.7 Å². The molecule has 1 heterocycles. The highest BCUT2D eigenvalue weighted by molar-refractivity contribution is 6.00. The molecular weight excluding hydrogens is 242 g/mol. The normalized spacial score (nSPS) is 11.4. The molecule has 4 N–H and O–H groups in total. The highest BCUT2D eigenvalue weighted by atomic mass is 16.2. The second kappa shape index (κ2) is 5.34. The molecule has 2 aromatic rings. The van der Waals surface area contributed by atoms with E-state index in [0.717, 1.165) is 11.3 Å². The van der Waals surface area contributed by atoms with Crippen LogP contribution in [-0.2, 0) is 0 Å². The molecule has 0 fully saturated rings. The second-order valence-corrected chi connectivity index (χ2v) is 4.20. The maximum absolute atomic E-state index is 11.7. The van der Waals surface area contributed by atoms with E-state index < -0.39 is 0 Å². The van der Waals surface area contributed by atoms with Gasteiger partial charge in [0.15, 0.2) is 5.69 Å². The van der Waals surface area contributed by atoms with Gasteiger partial charge in [-0.25, -0.2) is 5.43 Å². The molecule has 2 rings (SSSR count). The number of H-pyrrole nitrogens is 1. The molecular formula is C13H15N5O. The highest BCUT2D eigenvalue weighted by Gasteiger charge is 2.08. The first-order chi connectivity index (χ1) is 9.06. The molecule has 0 radical (unpaired) electrons. The van der Waals surface area contributed by atoms with Crippen molar-refractivity contribution in [1.82, 2.24) is 15.6 Å². The van der Waals surface area contributed by atoms with Gasteiger partial charge in [0.25, 0.3) is 5.91 Å². The third-order valence-electron chi connectivity index (χ3n) is 2.59. The van der Waals surface area contributed by atoms with E-state index >= 15 is 0 Å². The minimum absolute atomic E-state index is 0.311. The van der Waals surface area contributed by atoms with Crippen molar-refractivity contribution >= 4 is 17.3 Å². The third-order valence-corrected chi connectivity index (χ3v) is 2.59. The summed E-state index contributed by atoms with van der Waals surface area (Å²) >= 11 is 0. The molecule has 0 atom stereocenters. The van der Waals surface area contributed by atoms with Crippen LogP contribution in [0.4, 0.5) is 5.69 Å². The zero-order valence-corrected chi connectivity index (χ0v) is 10.8. The lowest BCUT2D eigenvalue weighted by molar-refractivity contribution is 0.0950. The van der Waals surface area contributed by atoms with Crippen molar-refractivity contribution in [3.8, 4) is 0 Å². The fourth-order valence-corrected chi connectivity index (χ4v) is 1.52. The average molecular weight is 257 g/mol. The first kappa shape index (κ1) is 12.8. The lowest BCUT2D eigenvalue weighted by Gasteiger charge is -2.02. The van der Waals surface area contributed by atoms with Crippen molar-refractivity contribution < 1.29 is 4.79 Å². The van der Waals surface area contributed by atoms with Crippen LogP contribution in [0.3, 0.4) is 0 Å². The van der Waals surface area contributed by atoms with Gasteiger partial charge in [0.05, 0.1) is 5.71 Å². The first-order valence-corrected chi connectivity index (χ1v) is 5.79. The Balaban J connectivity index is 2.06. The van der Waals surface area contributed by atoms with Crippen molar-refractivity contribution in [2.45, 2.75) is 13.8 Å². The van der Waals surface area contributed by atoms with Gasteiger partial charge in [-0.05, 0) is 37.6 Å². The van der Waals surface area contributed by atoms with Crippen LogP contribution in [-0.4, -0.2) is 21.8 Å². The quantitative estimate of drug-likeness (QED) is 0.441. The summed E-state index contributed by atoms with van der Waals surface area (Å²) in [7, 11) is 0. The molecule has 19 heavy (non-hydrogen) atoms. The number of nitrogen functional groups attached to an aromatic ring is 1. The van der Waals surface area contributed by atoms with E-state index in [1.54, 1.807) is 18.2 Å². The number of aryl methyl sites for hydroxylation is 1. The van der Waals surface area contributed by atoms with Crippen molar-refractivity contribution in [2.75, 3.05) is 5.73 Å². The predicted molar refractivity (Wildman–Crippen MR) is 73.9 cm³/mol. The van der Waals surface area contributed by atoms with Crippen molar-refractivity contribution in [3.05, 3.63) is 47.3 Å². The summed E-state index contributed by atoms with van der Waals surface area (Å²) in [6, 6.07) is 8.92. The summed E-state index contributed by atoms with van der Waals surface area (Å²) in [6.45, 7) is 3.63. The van der Waals surface area contributed by atoms with Gasteiger partial charge in [-0.15, -0.1) is 0 Å². The molecule has 0 saturated heterocycles. The van der Waals surface area contributed by atoms with Crippen LogP contribution in [0, 0.1) is 6.92 Å². The monoisotopic (exact) mass is 257 g/mol. The fourth-order valence-electron chi connectivity index (χ4n) is 1.52. The predicted octanol–water partition coefficient (Wildman–Crippen LogP) is 1.45. The molecule has 0 unspecified atom stereocenters. The van der Waals surface area contributed by atoms with E-state index in [1.807, 2.05) is 26.0 Å². The third kappa shape index (κ3) is 3.19. The van der Waals surface area contributed by atoms with Crippen molar-refractivity contribution in [3.63, 3.8) is 0 Å². The van der Waals surface area contributed by atoms with E-state index in [4.69, 9.17) is 5.73 Å². The van der Waals surface area contributed by atoms with Crippen molar-refractivity contribution in [1.29, 1.82) is 0 Å². The zero-order valence-electron chi connectivity index (χ0n) is 10.8. The molecule has 0 aliphatic rings. The number of benzene rings is 1. The number of aromatic nitrogens is 2. The number of carbonyl (C=O) groups is 1. The van der Waals surface area contributed by atoms with Crippen molar-refractivity contribution in [2.24, 2.45) is 5.10 Å². The molecule has 1 aromatic heterocycles. The Morgan fingerprint density at radius 1 is 1.37 bits per heavy atom. The van der Waals surface area contributed by atoms with Gasteiger partial charge >= 0.3 is 0 Å². The largest absolute Gasteiger partial charge is 0.399 e. The Kier molecular flexibility index (Phi) is 3.61. The summed E-state index contributed by atoms with van der Waals surface area (Å²) in [5.41, 5.74) is 11.5. The van der Waals surface area contributed by atoms with Crippen LogP contribution >= 0.6 is 0 Å². The molecule has 0 spiro atoms. The number of hydrogen-bond donors (Lipinski definition) is 3. The van der Waals surface area contributed by atoms with E-state index in [-0.39, 0.29) is 5.91 Å². The molecule has 0 saturated carbocycles. The van der Waals surface area contributed by atoms with E-state index in [2.05, 4.69) is 20.7 Å². The molecule has 6 heteroatoms. The summed E-state index contributed by atoms with van der Waals surface area (Å²) in [4.78, 5) is 11.7. The lowest BCUT2D eigenvalue weighted by Crippen LogP contribution is -2.19. The van der Waals surface area contributed by atoms with Gasteiger partial charge in [0.2, 0.25) is 0 Å². The summed E-state index contributed by atoms with van der Waals surface area (Å²) < 4.78 is 0. The molecule has 0 aliphatic carbocycles. The molecule has 98 valence electrons. The number of anilines is 1. The van der Waals surface area contributed by atoms with Gasteiger partial charge in [0.1, 0.15) is 0 Å². The van der Waals surface area contributed by atoms with E-state index in [9.17, 15) is 4.79 Å². The van der Waals surface area contributed by atoms with Crippen LogP contribution in [0.5, 0.6) is 0 Å². The SMILES string of the molecule is C/C(=N\NC(=O)c1cc(C)[nH]n1)c1ccc(N)cc1. The van der Waals surface area contributed by atoms with Gasteiger partial charge < -0.3 is 5.73 Å². The number of hydrazone groups is 1. The number of aromatic amines is 1. The standard InChI is InChI=1S/C13H15N5O/c1-8-7-12(17-15-8)13(19)18-16-9(2)10-3-5-11(14)6-4-10/h3-7H,14H2,1-2H3,(H,15,17)(H,18,19)/b16-9+. The highest BCUT2D eigenvalue weighted by Crippen LogP contribution is 2.06. The number of nitrogens with one attached hydrogen (secondary N) is 2.